The molecular formula is C12H20BN. The van der Waals surface area contributed by atoms with E-state index < -0.39 is 0 Å². The SMILES string of the molecule is CBC(C)C(C)CC1=NCC=CC=C1. The molecule has 0 radical (unpaired) electrons. The van der Waals surface area contributed by atoms with Gasteiger partial charge in [-0.25, -0.2) is 0 Å². The second-order valence-corrected chi connectivity index (χ2v) is 4.19. The van der Waals surface area contributed by atoms with Crippen molar-refractivity contribution in [3.63, 3.8) is 0 Å². The largest absolute Gasteiger partial charge is 0.286 e. The van der Waals surface area contributed by atoms with E-state index in [9.17, 15) is 0 Å². The van der Waals surface area contributed by atoms with Gasteiger partial charge in [0.1, 0.15) is 7.28 Å². The lowest BCUT2D eigenvalue weighted by Crippen LogP contribution is -2.11. The molecule has 0 aromatic heterocycles. The molecule has 0 spiro atoms. The number of allylic oxidation sites excluding steroid dienone is 3. The minimum atomic E-state index is 0.737. The van der Waals surface area contributed by atoms with E-state index in [1.165, 1.54) is 13.0 Å². The van der Waals surface area contributed by atoms with E-state index in [1.807, 2.05) is 0 Å². The molecule has 2 unspecified atom stereocenters. The topological polar surface area (TPSA) is 12.4 Å². The van der Waals surface area contributed by atoms with Crippen LogP contribution in [0.4, 0.5) is 0 Å². The molecule has 1 aliphatic rings. The van der Waals surface area contributed by atoms with Crippen LogP contribution in [0.5, 0.6) is 0 Å². The van der Waals surface area contributed by atoms with Crippen LogP contribution in [0.15, 0.2) is 29.3 Å². The van der Waals surface area contributed by atoms with Crippen molar-refractivity contribution in [3.8, 4) is 0 Å². The van der Waals surface area contributed by atoms with Gasteiger partial charge < -0.3 is 0 Å². The van der Waals surface area contributed by atoms with Crippen LogP contribution in [0, 0.1) is 5.92 Å². The van der Waals surface area contributed by atoms with Gasteiger partial charge in [-0.2, -0.15) is 0 Å². The summed E-state index contributed by atoms with van der Waals surface area (Å²) in [4.78, 5) is 4.52. The van der Waals surface area contributed by atoms with Crippen molar-refractivity contribution in [2.45, 2.75) is 32.9 Å². The molecule has 0 bridgehead atoms. The van der Waals surface area contributed by atoms with Gasteiger partial charge in [-0.1, -0.05) is 44.7 Å². The predicted molar refractivity (Wildman–Crippen MR) is 66.8 cm³/mol. The summed E-state index contributed by atoms with van der Waals surface area (Å²) in [5.74, 6) is 1.53. The van der Waals surface area contributed by atoms with Crippen molar-refractivity contribution in [3.05, 3.63) is 24.3 Å². The molecule has 0 aliphatic carbocycles. The molecule has 14 heavy (non-hydrogen) atoms. The Balaban J connectivity index is 2.47. The Bertz CT molecular complexity index is 253. The summed E-state index contributed by atoms with van der Waals surface area (Å²) >= 11 is 0. The fourth-order valence-electron chi connectivity index (χ4n) is 1.59. The molecule has 0 saturated carbocycles. The van der Waals surface area contributed by atoms with Crippen LogP contribution in [-0.4, -0.2) is 19.5 Å². The highest BCUT2D eigenvalue weighted by atomic mass is 14.7. The number of aliphatic imine (C=N–C) groups is 1. The predicted octanol–water partition coefficient (Wildman–Crippen LogP) is 2.87. The van der Waals surface area contributed by atoms with Gasteiger partial charge in [-0.3, -0.25) is 4.99 Å². The Morgan fingerprint density at radius 3 is 2.93 bits per heavy atom. The zero-order chi connectivity index (χ0) is 10.4. The first-order valence-electron chi connectivity index (χ1n) is 5.60. The summed E-state index contributed by atoms with van der Waals surface area (Å²) in [6.45, 7) is 7.75. The van der Waals surface area contributed by atoms with Gasteiger partial charge in [0.15, 0.2) is 0 Å². The molecule has 0 aromatic rings. The quantitative estimate of drug-likeness (QED) is 0.603. The van der Waals surface area contributed by atoms with E-state index in [4.69, 9.17) is 0 Å². The van der Waals surface area contributed by atoms with Crippen LogP contribution in [0.1, 0.15) is 20.3 Å². The number of rotatable bonds is 4. The highest BCUT2D eigenvalue weighted by Crippen LogP contribution is 2.20. The summed E-state index contributed by atoms with van der Waals surface area (Å²) in [6, 6.07) is 0. The lowest BCUT2D eigenvalue weighted by Gasteiger charge is -2.17. The Labute approximate surface area is 88.3 Å². The summed E-state index contributed by atoms with van der Waals surface area (Å²) in [5.41, 5.74) is 1.25. The highest BCUT2D eigenvalue weighted by molar-refractivity contribution is 6.35. The number of hydrogen-bond acceptors (Lipinski definition) is 1. The molecule has 2 heteroatoms. The molecule has 0 aromatic carbocycles. The zero-order valence-corrected chi connectivity index (χ0v) is 9.53. The fraction of sp³-hybridized carbons (Fsp3) is 0.583. The Hall–Kier alpha value is -0.785. The normalized spacial score (nSPS) is 19.8. The van der Waals surface area contributed by atoms with Crippen LogP contribution in [0.25, 0.3) is 0 Å². The van der Waals surface area contributed by atoms with Crippen molar-refractivity contribution < 1.29 is 0 Å². The van der Waals surface area contributed by atoms with Gasteiger partial charge in [-0.05, 0) is 18.4 Å². The molecule has 2 atom stereocenters. The molecule has 1 nitrogen and oxygen atoms in total. The van der Waals surface area contributed by atoms with E-state index >= 15 is 0 Å². The van der Waals surface area contributed by atoms with E-state index in [0.717, 1.165) is 24.7 Å². The average molecular weight is 189 g/mol. The Kier molecular flexibility index (Phi) is 4.71. The van der Waals surface area contributed by atoms with Crippen LogP contribution in [0.2, 0.25) is 12.6 Å². The van der Waals surface area contributed by atoms with E-state index in [2.05, 4.69) is 50.0 Å². The Morgan fingerprint density at radius 2 is 2.21 bits per heavy atom. The van der Waals surface area contributed by atoms with Crippen LogP contribution >= 0.6 is 0 Å². The van der Waals surface area contributed by atoms with Gasteiger partial charge >= 0.3 is 0 Å². The molecule has 0 fully saturated rings. The third-order valence-corrected chi connectivity index (χ3v) is 3.08. The van der Waals surface area contributed by atoms with Gasteiger partial charge in [0.25, 0.3) is 0 Å². The van der Waals surface area contributed by atoms with Crippen LogP contribution in [-0.2, 0) is 0 Å². The van der Waals surface area contributed by atoms with Gasteiger partial charge in [-0.15, -0.1) is 0 Å². The molecule has 1 aliphatic heterocycles. The third-order valence-electron chi connectivity index (χ3n) is 3.08. The van der Waals surface area contributed by atoms with Gasteiger partial charge in [0.05, 0.1) is 6.54 Å². The fourth-order valence-corrected chi connectivity index (χ4v) is 1.59. The Morgan fingerprint density at radius 1 is 1.43 bits per heavy atom. The number of hydrogen-bond donors (Lipinski definition) is 0. The smallest absolute Gasteiger partial charge is 0.120 e. The van der Waals surface area contributed by atoms with Crippen molar-refractivity contribution in [1.82, 2.24) is 0 Å². The van der Waals surface area contributed by atoms with Crippen molar-refractivity contribution >= 4 is 13.0 Å². The van der Waals surface area contributed by atoms with Gasteiger partial charge in [0.2, 0.25) is 0 Å². The third kappa shape index (κ3) is 3.53. The maximum Gasteiger partial charge on any atom is 0.120 e. The maximum atomic E-state index is 4.52. The minimum absolute atomic E-state index is 0.737. The first kappa shape index (κ1) is 11.3. The average Bonchev–Trinajstić information content (AvgIpc) is 2.45. The maximum absolute atomic E-state index is 4.52. The van der Waals surface area contributed by atoms with Crippen molar-refractivity contribution in [2.75, 3.05) is 6.54 Å². The van der Waals surface area contributed by atoms with Crippen molar-refractivity contribution in [2.24, 2.45) is 10.9 Å². The second-order valence-electron chi connectivity index (χ2n) is 4.19. The van der Waals surface area contributed by atoms with E-state index in [-0.39, 0.29) is 0 Å². The van der Waals surface area contributed by atoms with E-state index in [1.54, 1.807) is 0 Å². The molecule has 1 rings (SSSR count). The summed E-state index contributed by atoms with van der Waals surface area (Å²) in [7, 11) is 1.26. The molecule has 76 valence electrons. The van der Waals surface area contributed by atoms with Crippen molar-refractivity contribution in [1.29, 1.82) is 0 Å². The second kappa shape index (κ2) is 5.84. The number of nitrogens with zero attached hydrogens (tertiary/aromatic N) is 1. The summed E-state index contributed by atoms with van der Waals surface area (Å²) in [5, 5.41) is 0. The lowest BCUT2D eigenvalue weighted by atomic mass is 9.62. The first-order valence-corrected chi connectivity index (χ1v) is 5.60. The minimum Gasteiger partial charge on any atom is -0.286 e. The summed E-state index contributed by atoms with van der Waals surface area (Å²) < 4.78 is 0. The molecule has 0 N–H and O–H groups in total. The van der Waals surface area contributed by atoms with Crippen LogP contribution in [0.3, 0.4) is 0 Å². The standard InChI is InChI=1S/C12H20BN/c1-10(11(2)13-3)9-12-7-5-4-6-8-14-12/h4-7,10-11,13H,8-9H2,1-3H3. The monoisotopic (exact) mass is 189 g/mol. The highest BCUT2D eigenvalue weighted by Gasteiger charge is 2.12. The van der Waals surface area contributed by atoms with E-state index in [0.29, 0.717) is 0 Å². The molecule has 0 saturated heterocycles. The molecule has 0 amide bonds. The zero-order valence-electron chi connectivity index (χ0n) is 9.53. The molecule has 1 heterocycles. The molecular weight excluding hydrogens is 169 g/mol. The summed E-state index contributed by atoms with van der Waals surface area (Å²) in [6.07, 6.45) is 9.52. The lowest BCUT2D eigenvalue weighted by molar-refractivity contribution is 0.582. The van der Waals surface area contributed by atoms with Crippen LogP contribution < -0.4 is 0 Å². The first-order chi connectivity index (χ1) is 6.74. The van der Waals surface area contributed by atoms with Gasteiger partial charge in [0, 0.05) is 5.71 Å².